The second-order valence-corrected chi connectivity index (χ2v) is 8.32. The largest absolute Gasteiger partial charge is 0.300 e. The molecule has 4 rings (SSSR count). The number of thiazole rings is 1. The molecule has 0 aliphatic carbocycles. The maximum absolute atomic E-state index is 12.3. The summed E-state index contributed by atoms with van der Waals surface area (Å²) in [6, 6.07) is 18.3. The maximum Gasteiger partial charge on any atom is 0.232 e. The molecule has 4 aromatic rings. The monoisotopic (exact) mass is 406 g/mol. The molecule has 28 heavy (non-hydrogen) atoms. The summed E-state index contributed by atoms with van der Waals surface area (Å²) in [5.74, 6) is -0.136. The van der Waals surface area contributed by atoms with Crippen molar-refractivity contribution in [2.75, 3.05) is 5.32 Å². The molecular weight excluding hydrogens is 388 g/mol. The van der Waals surface area contributed by atoms with Gasteiger partial charge in [-0.15, -0.1) is 21.5 Å². The van der Waals surface area contributed by atoms with Crippen LogP contribution in [0.3, 0.4) is 0 Å². The lowest BCUT2D eigenvalue weighted by Crippen LogP contribution is -2.14. The van der Waals surface area contributed by atoms with Gasteiger partial charge >= 0.3 is 0 Å². The normalized spacial score (nSPS) is 10.8. The number of benzene rings is 2. The molecule has 0 saturated carbocycles. The molecular formula is C21H18N4OS2. The van der Waals surface area contributed by atoms with Gasteiger partial charge in [0.1, 0.15) is 10.0 Å². The van der Waals surface area contributed by atoms with Gasteiger partial charge in [-0.2, -0.15) is 0 Å². The minimum atomic E-state index is -0.136. The van der Waals surface area contributed by atoms with Crippen LogP contribution < -0.4 is 5.32 Å². The van der Waals surface area contributed by atoms with E-state index in [0.717, 1.165) is 21.3 Å². The van der Waals surface area contributed by atoms with Gasteiger partial charge in [-0.1, -0.05) is 71.5 Å². The molecule has 5 nitrogen and oxygen atoms in total. The third kappa shape index (κ3) is 4.68. The number of rotatable bonds is 6. The summed E-state index contributed by atoms with van der Waals surface area (Å²) in [5.41, 5.74) is 4.20. The number of carbonyl (C=O) groups excluding carboxylic acids is 1. The van der Waals surface area contributed by atoms with Crippen molar-refractivity contribution < 1.29 is 4.79 Å². The SMILES string of the molecule is Cc1ccc(-c2nc(CC(=O)Nc3nnc(Cc4ccccc4)s3)cs2)cc1. The average Bonchev–Trinajstić information content (AvgIpc) is 3.33. The maximum atomic E-state index is 12.3. The molecule has 2 aromatic heterocycles. The fourth-order valence-electron chi connectivity index (χ4n) is 2.69. The van der Waals surface area contributed by atoms with Crippen LogP contribution >= 0.6 is 22.7 Å². The van der Waals surface area contributed by atoms with Crippen molar-refractivity contribution in [1.29, 1.82) is 0 Å². The zero-order valence-corrected chi connectivity index (χ0v) is 16.9. The lowest BCUT2D eigenvalue weighted by molar-refractivity contribution is -0.115. The molecule has 1 amide bonds. The Kier molecular flexibility index (Phi) is 5.55. The van der Waals surface area contributed by atoms with Crippen LogP contribution in [0.5, 0.6) is 0 Å². The minimum Gasteiger partial charge on any atom is -0.300 e. The van der Waals surface area contributed by atoms with E-state index in [1.54, 1.807) is 11.3 Å². The highest BCUT2D eigenvalue weighted by molar-refractivity contribution is 7.15. The Labute approximate surface area is 171 Å². The molecule has 0 radical (unpaired) electrons. The van der Waals surface area contributed by atoms with Crippen molar-refractivity contribution in [2.45, 2.75) is 19.8 Å². The molecule has 7 heteroatoms. The van der Waals surface area contributed by atoms with E-state index in [2.05, 4.69) is 39.6 Å². The zero-order valence-electron chi connectivity index (χ0n) is 15.3. The van der Waals surface area contributed by atoms with Crippen LogP contribution in [0.2, 0.25) is 0 Å². The summed E-state index contributed by atoms with van der Waals surface area (Å²) in [5, 5.41) is 15.3. The highest BCUT2D eigenvalue weighted by Crippen LogP contribution is 2.24. The van der Waals surface area contributed by atoms with Gasteiger partial charge in [0.25, 0.3) is 0 Å². The van der Waals surface area contributed by atoms with E-state index in [-0.39, 0.29) is 12.3 Å². The number of hydrogen-bond donors (Lipinski definition) is 1. The van der Waals surface area contributed by atoms with Crippen molar-refractivity contribution in [1.82, 2.24) is 15.2 Å². The Bertz CT molecular complexity index is 1070. The molecule has 0 aliphatic heterocycles. The Morgan fingerprint density at radius 2 is 1.82 bits per heavy atom. The summed E-state index contributed by atoms with van der Waals surface area (Å²) in [6.45, 7) is 2.06. The van der Waals surface area contributed by atoms with Crippen LogP contribution in [0.4, 0.5) is 5.13 Å². The quantitative estimate of drug-likeness (QED) is 0.502. The Morgan fingerprint density at radius 3 is 2.61 bits per heavy atom. The van der Waals surface area contributed by atoms with Gasteiger partial charge < -0.3 is 5.32 Å². The molecule has 0 saturated heterocycles. The predicted molar refractivity (Wildman–Crippen MR) is 114 cm³/mol. The molecule has 0 fully saturated rings. The van der Waals surface area contributed by atoms with E-state index in [4.69, 9.17) is 0 Å². The molecule has 0 bridgehead atoms. The predicted octanol–water partition coefficient (Wildman–Crippen LogP) is 4.74. The first kappa shape index (κ1) is 18.5. The number of anilines is 1. The van der Waals surface area contributed by atoms with Crippen molar-refractivity contribution in [2.24, 2.45) is 0 Å². The van der Waals surface area contributed by atoms with Gasteiger partial charge in [-0.25, -0.2) is 4.98 Å². The third-order valence-electron chi connectivity index (χ3n) is 4.10. The second-order valence-electron chi connectivity index (χ2n) is 6.40. The second kappa shape index (κ2) is 8.41. The summed E-state index contributed by atoms with van der Waals surface area (Å²) < 4.78 is 0. The summed E-state index contributed by atoms with van der Waals surface area (Å²) in [7, 11) is 0. The van der Waals surface area contributed by atoms with Crippen LogP contribution in [0.25, 0.3) is 10.6 Å². The highest BCUT2D eigenvalue weighted by atomic mass is 32.1. The minimum absolute atomic E-state index is 0.136. The van der Waals surface area contributed by atoms with Crippen molar-refractivity contribution in [3.63, 3.8) is 0 Å². The topological polar surface area (TPSA) is 67.8 Å². The van der Waals surface area contributed by atoms with E-state index >= 15 is 0 Å². The number of nitrogens with one attached hydrogen (secondary N) is 1. The molecule has 0 atom stereocenters. The number of amides is 1. The van der Waals surface area contributed by atoms with Crippen molar-refractivity contribution in [3.05, 3.63) is 81.8 Å². The van der Waals surface area contributed by atoms with Gasteiger partial charge in [0.05, 0.1) is 12.1 Å². The van der Waals surface area contributed by atoms with Gasteiger partial charge in [0.15, 0.2) is 0 Å². The van der Waals surface area contributed by atoms with Crippen molar-refractivity contribution >= 4 is 33.7 Å². The highest BCUT2D eigenvalue weighted by Gasteiger charge is 2.12. The zero-order chi connectivity index (χ0) is 19.3. The summed E-state index contributed by atoms with van der Waals surface area (Å²) >= 11 is 2.94. The molecule has 140 valence electrons. The number of aryl methyl sites for hydroxylation is 1. The van der Waals surface area contributed by atoms with E-state index in [1.165, 1.54) is 22.5 Å². The standard InChI is InChI=1S/C21H18N4OS2/c1-14-7-9-16(10-8-14)20-22-17(13-27-20)12-18(26)23-21-25-24-19(28-21)11-15-5-3-2-4-6-15/h2-10,13H,11-12H2,1H3,(H,23,25,26). The molecule has 0 spiro atoms. The first-order valence-electron chi connectivity index (χ1n) is 8.83. The molecule has 2 heterocycles. The number of aromatic nitrogens is 3. The first-order valence-corrected chi connectivity index (χ1v) is 10.5. The summed E-state index contributed by atoms with van der Waals surface area (Å²) in [4.78, 5) is 16.9. The Hall–Kier alpha value is -2.90. The lowest BCUT2D eigenvalue weighted by atomic mass is 10.2. The number of carbonyl (C=O) groups is 1. The molecule has 1 N–H and O–H groups in total. The van der Waals surface area contributed by atoms with Gasteiger partial charge in [-0.3, -0.25) is 4.79 Å². The first-order chi connectivity index (χ1) is 13.7. The fourth-order valence-corrected chi connectivity index (χ4v) is 4.31. The number of nitrogens with zero attached hydrogens (tertiary/aromatic N) is 3. The molecule has 0 aliphatic rings. The Morgan fingerprint density at radius 1 is 1.04 bits per heavy atom. The Balaban J connectivity index is 1.35. The van der Waals surface area contributed by atoms with Crippen molar-refractivity contribution in [3.8, 4) is 10.6 Å². The average molecular weight is 407 g/mol. The third-order valence-corrected chi connectivity index (χ3v) is 5.88. The van der Waals surface area contributed by atoms with Gasteiger partial charge in [-0.05, 0) is 12.5 Å². The van der Waals surface area contributed by atoms with E-state index in [1.807, 2.05) is 47.8 Å². The lowest BCUT2D eigenvalue weighted by Gasteiger charge is -1.99. The fraction of sp³-hybridized carbons (Fsp3) is 0.143. The molecule has 0 unspecified atom stereocenters. The van der Waals surface area contributed by atoms with Crippen LogP contribution in [0.15, 0.2) is 60.0 Å². The van der Waals surface area contributed by atoms with E-state index < -0.39 is 0 Å². The molecule has 2 aromatic carbocycles. The van der Waals surface area contributed by atoms with Crippen LogP contribution in [0, 0.1) is 6.92 Å². The van der Waals surface area contributed by atoms with Gasteiger partial charge in [0.2, 0.25) is 11.0 Å². The number of hydrogen-bond acceptors (Lipinski definition) is 6. The van der Waals surface area contributed by atoms with E-state index in [0.29, 0.717) is 11.6 Å². The van der Waals surface area contributed by atoms with Crippen LogP contribution in [0.1, 0.15) is 21.8 Å². The van der Waals surface area contributed by atoms with Gasteiger partial charge in [0, 0.05) is 17.4 Å². The smallest absolute Gasteiger partial charge is 0.232 e. The van der Waals surface area contributed by atoms with E-state index in [9.17, 15) is 4.79 Å². The van der Waals surface area contributed by atoms with Crippen LogP contribution in [-0.2, 0) is 17.6 Å². The van der Waals surface area contributed by atoms with Crippen LogP contribution in [-0.4, -0.2) is 21.1 Å². The summed E-state index contributed by atoms with van der Waals surface area (Å²) in [6.07, 6.45) is 0.927.